The summed E-state index contributed by atoms with van der Waals surface area (Å²) in [6, 6.07) is 11.7. The second kappa shape index (κ2) is 6.34. The zero-order valence-corrected chi connectivity index (χ0v) is 11.4. The van der Waals surface area contributed by atoms with E-state index in [1.165, 1.54) is 0 Å². The minimum Gasteiger partial charge on any atom is -0.323 e. The number of amides is 1. The number of carbonyl (C=O) groups excluding carboxylic acids is 1. The lowest BCUT2D eigenvalue weighted by Gasteiger charge is -2.07. The van der Waals surface area contributed by atoms with Gasteiger partial charge in [-0.05, 0) is 30.5 Å². The van der Waals surface area contributed by atoms with Crippen LogP contribution in [0.25, 0.3) is 0 Å². The Hall–Kier alpha value is -1.87. The van der Waals surface area contributed by atoms with Gasteiger partial charge in [-0.25, -0.2) is 4.98 Å². The van der Waals surface area contributed by atoms with E-state index in [2.05, 4.69) is 10.3 Å². The second-order valence-corrected chi connectivity index (χ2v) is 4.74. The fraction of sp³-hybridized carbons (Fsp3) is 0.200. The Morgan fingerprint density at radius 2 is 2.05 bits per heavy atom. The summed E-state index contributed by atoms with van der Waals surface area (Å²) in [5.74, 6) is -0.0573. The molecule has 0 radical (unpaired) electrons. The van der Waals surface area contributed by atoms with Gasteiger partial charge in [0.25, 0.3) is 0 Å². The van der Waals surface area contributed by atoms with Crippen molar-refractivity contribution in [3.63, 3.8) is 0 Å². The van der Waals surface area contributed by atoms with Gasteiger partial charge in [-0.1, -0.05) is 41.9 Å². The predicted molar refractivity (Wildman–Crippen MR) is 77.4 cm³/mol. The van der Waals surface area contributed by atoms with Crippen LogP contribution in [0, 0.1) is 6.92 Å². The molecule has 0 atom stereocenters. The molecule has 0 fully saturated rings. The number of benzene rings is 1. The summed E-state index contributed by atoms with van der Waals surface area (Å²) in [6.07, 6.45) is 2.81. The molecule has 0 spiro atoms. The minimum atomic E-state index is -0.0573. The standard InChI is InChI=1S/C15H15ClN2O/c1-11-9-13(15(16)17-10-11)18-14(19)8-7-12-5-3-2-4-6-12/h2-6,9-10H,7-8H2,1H3,(H,18,19). The maximum Gasteiger partial charge on any atom is 0.224 e. The lowest BCUT2D eigenvalue weighted by molar-refractivity contribution is -0.116. The molecular weight excluding hydrogens is 260 g/mol. The molecule has 1 heterocycles. The zero-order chi connectivity index (χ0) is 13.7. The van der Waals surface area contributed by atoms with Crippen molar-refractivity contribution < 1.29 is 4.79 Å². The molecule has 0 saturated carbocycles. The highest BCUT2D eigenvalue weighted by molar-refractivity contribution is 6.32. The SMILES string of the molecule is Cc1cnc(Cl)c(NC(=O)CCc2ccccc2)c1. The molecule has 98 valence electrons. The van der Waals surface area contributed by atoms with Gasteiger partial charge < -0.3 is 5.32 Å². The van der Waals surface area contributed by atoms with Gasteiger partial charge >= 0.3 is 0 Å². The number of nitrogens with one attached hydrogen (secondary N) is 1. The first-order chi connectivity index (χ1) is 9.15. The number of carbonyl (C=O) groups is 1. The lowest BCUT2D eigenvalue weighted by Crippen LogP contribution is -2.13. The molecule has 0 aliphatic rings. The number of nitrogens with zero attached hydrogens (tertiary/aromatic N) is 1. The Balaban J connectivity index is 1.93. The number of aromatic nitrogens is 1. The van der Waals surface area contributed by atoms with Gasteiger partial charge in [0, 0.05) is 12.6 Å². The number of rotatable bonds is 4. The van der Waals surface area contributed by atoms with E-state index in [9.17, 15) is 4.79 Å². The van der Waals surface area contributed by atoms with Crippen LogP contribution in [0.3, 0.4) is 0 Å². The normalized spacial score (nSPS) is 10.2. The van der Waals surface area contributed by atoms with Crippen molar-refractivity contribution in [2.75, 3.05) is 5.32 Å². The number of aryl methyl sites for hydroxylation is 2. The molecule has 0 unspecified atom stereocenters. The summed E-state index contributed by atoms with van der Waals surface area (Å²) in [5.41, 5.74) is 2.67. The Bertz CT molecular complexity index is 570. The van der Waals surface area contributed by atoms with Gasteiger partial charge in [0.05, 0.1) is 5.69 Å². The van der Waals surface area contributed by atoms with Gasteiger partial charge in [0.2, 0.25) is 5.91 Å². The predicted octanol–water partition coefficient (Wildman–Crippen LogP) is 3.61. The molecule has 2 aromatic rings. The van der Waals surface area contributed by atoms with Crippen LogP contribution in [-0.2, 0) is 11.2 Å². The molecular formula is C15H15ClN2O. The number of hydrogen-bond donors (Lipinski definition) is 1. The number of anilines is 1. The second-order valence-electron chi connectivity index (χ2n) is 4.38. The first kappa shape index (κ1) is 13.6. The van der Waals surface area contributed by atoms with E-state index in [1.807, 2.05) is 43.3 Å². The monoisotopic (exact) mass is 274 g/mol. The fourth-order valence-electron chi connectivity index (χ4n) is 1.76. The van der Waals surface area contributed by atoms with Crippen LogP contribution in [-0.4, -0.2) is 10.9 Å². The van der Waals surface area contributed by atoms with E-state index in [0.29, 0.717) is 23.7 Å². The van der Waals surface area contributed by atoms with E-state index in [0.717, 1.165) is 11.1 Å². The average Bonchev–Trinajstić information content (AvgIpc) is 2.42. The van der Waals surface area contributed by atoms with Crippen molar-refractivity contribution in [1.29, 1.82) is 0 Å². The minimum absolute atomic E-state index is 0.0573. The quantitative estimate of drug-likeness (QED) is 0.866. The zero-order valence-electron chi connectivity index (χ0n) is 10.7. The van der Waals surface area contributed by atoms with Crippen LogP contribution in [0.1, 0.15) is 17.5 Å². The van der Waals surface area contributed by atoms with Crippen LogP contribution in [0.5, 0.6) is 0 Å². The maximum atomic E-state index is 11.9. The molecule has 3 nitrogen and oxygen atoms in total. The third-order valence-electron chi connectivity index (χ3n) is 2.73. The fourth-order valence-corrected chi connectivity index (χ4v) is 1.91. The highest BCUT2D eigenvalue weighted by Crippen LogP contribution is 2.20. The lowest BCUT2D eigenvalue weighted by atomic mass is 10.1. The average molecular weight is 275 g/mol. The third kappa shape index (κ3) is 4.07. The van der Waals surface area contributed by atoms with Crippen LogP contribution in [0.15, 0.2) is 42.6 Å². The number of hydrogen-bond acceptors (Lipinski definition) is 2. The van der Waals surface area contributed by atoms with E-state index < -0.39 is 0 Å². The Kier molecular flexibility index (Phi) is 4.53. The van der Waals surface area contributed by atoms with E-state index in [4.69, 9.17) is 11.6 Å². The molecule has 0 bridgehead atoms. The first-order valence-corrected chi connectivity index (χ1v) is 6.49. The van der Waals surface area contributed by atoms with Crippen molar-refractivity contribution in [2.24, 2.45) is 0 Å². The summed E-state index contributed by atoms with van der Waals surface area (Å²) in [4.78, 5) is 15.9. The van der Waals surface area contributed by atoms with E-state index in [-0.39, 0.29) is 5.91 Å². The van der Waals surface area contributed by atoms with Crippen LogP contribution in [0.2, 0.25) is 5.15 Å². The molecule has 0 aliphatic carbocycles. The summed E-state index contributed by atoms with van der Waals surface area (Å²) in [5, 5.41) is 3.11. The molecule has 19 heavy (non-hydrogen) atoms. The highest BCUT2D eigenvalue weighted by atomic mass is 35.5. The highest BCUT2D eigenvalue weighted by Gasteiger charge is 2.07. The Morgan fingerprint density at radius 3 is 2.79 bits per heavy atom. The third-order valence-corrected chi connectivity index (χ3v) is 3.03. The van der Waals surface area contributed by atoms with Crippen molar-refractivity contribution in [3.8, 4) is 0 Å². The van der Waals surface area contributed by atoms with Crippen molar-refractivity contribution in [2.45, 2.75) is 19.8 Å². The molecule has 1 N–H and O–H groups in total. The van der Waals surface area contributed by atoms with Crippen LogP contribution in [0.4, 0.5) is 5.69 Å². The van der Waals surface area contributed by atoms with Gasteiger partial charge in [0.1, 0.15) is 0 Å². The van der Waals surface area contributed by atoms with E-state index in [1.54, 1.807) is 6.20 Å². The summed E-state index contributed by atoms with van der Waals surface area (Å²) in [6.45, 7) is 1.91. The Labute approximate surface area is 117 Å². The number of halogens is 1. The summed E-state index contributed by atoms with van der Waals surface area (Å²) >= 11 is 5.93. The molecule has 1 amide bonds. The molecule has 0 saturated heterocycles. The van der Waals surface area contributed by atoms with Gasteiger partial charge in [-0.3, -0.25) is 4.79 Å². The van der Waals surface area contributed by atoms with Crippen molar-refractivity contribution in [3.05, 3.63) is 58.9 Å². The van der Waals surface area contributed by atoms with Gasteiger partial charge in [-0.2, -0.15) is 0 Å². The van der Waals surface area contributed by atoms with E-state index >= 15 is 0 Å². The molecule has 2 rings (SSSR count). The molecule has 1 aromatic carbocycles. The molecule has 1 aromatic heterocycles. The smallest absolute Gasteiger partial charge is 0.224 e. The molecule has 0 aliphatic heterocycles. The van der Waals surface area contributed by atoms with Crippen molar-refractivity contribution in [1.82, 2.24) is 4.98 Å². The molecule has 4 heteroatoms. The Morgan fingerprint density at radius 1 is 1.32 bits per heavy atom. The van der Waals surface area contributed by atoms with Gasteiger partial charge in [-0.15, -0.1) is 0 Å². The number of pyridine rings is 1. The first-order valence-electron chi connectivity index (χ1n) is 6.11. The largest absolute Gasteiger partial charge is 0.323 e. The maximum absolute atomic E-state index is 11.9. The summed E-state index contributed by atoms with van der Waals surface area (Å²) < 4.78 is 0. The van der Waals surface area contributed by atoms with Gasteiger partial charge in [0.15, 0.2) is 5.15 Å². The topological polar surface area (TPSA) is 42.0 Å². The van der Waals surface area contributed by atoms with Crippen molar-refractivity contribution >= 4 is 23.2 Å². The van der Waals surface area contributed by atoms with Crippen LogP contribution >= 0.6 is 11.6 Å². The van der Waals surface area contributed by atoms with Crippen LogP contribution < -0.4 is 5.32 Å². The summed E-state index contributed by atoms with van der Waals surface area (Å²) in [7, 11) is 0.